The number of ether oxygens (including phenoxy) is 1. The summed E-state index contributed by atoms with van der Waals surface area (Å²) in [4.78, 5) is 42.6. The lowest BCUT2D eigenvalue weighted by Crippen LogP contribution is -2.33. The Bertz CT molecular complexity index is 812. The third-order valence-corrected chi connectivity index (χ3v) is 4.98. The molecular weight excluding hydrogens is 400 g/mol. The Balaban J connectivity index is 1.72. The summed E-state index contributed by atoms with van der Waals surface area (Å²) in [5, 5.41) is 1.48. The Hall–Kier alpha value is -2.59. The number of carbonyl (C=O) groups is 3. The van der Waals surface area contributed by atoms with Crippen LogP contribution in [0.2, 0.25) is 0 Å². The summed E-state index contributed by atoms with van der Waals surface area (Å²) in [6, 6.07) is 2.21. The van der Waals surface area contributed by atoms with Crippen molar-refractivity contribution in [3.05, 3.63) is 23.8 Å². The molecule has 8 nitrogen and oxygen atoms in total. The fourth-order valence-corrected chi connectivity index (χ4v) is 3.54. The normalized spacial score (nSPS) is 20.3. The van der Waals surface area contributed by atoms with E-state index in [9.17, 15) is 23.2 Å². The van der Waals surface area contributed by atoms with E-state index in [-0.39, 0.29) is 62.1 Å². The summed E-state index contributed by atoms with van der Waals surface area (Å²) in [6.07, 6.45) is -0.559. The fraction of sp³-hybridized carbons (Fsp3) is 0.550. The molecule has 1 atom stereocenters. The second kappa shape index (κ2) is 9.48. The summed E-state index contributed by atoms with van der Waals surface area (Å²) >= 11 is 0. The van der Waals surface area contributed by atoms with Gasteiger partial charge in [0.1, 0.15) is 23.4 Å². The number of hydrogen-bond donors (Lipinski definition) is 0. The van der Waals surface area contributed by atoms with E-state index in [4.69, 9.17) is 9.57 Å². The maximum absolute atomic E-state index is 14.9. The van der Waals surface area contributed by atoms with E-state index in [0.717, 1.165) is 12.1 Å². The van der Waals surface area contributed by atoms with E-state index in [2.05, 4.69) is 0 Å². The molecule has 0 radical (unpaired) electrons. The number of halogens is 2. The SMILES string of the molecule is CC(=O)CC[C@H]1CN(c2cc(F)c(N3CCON(CC(C)=O)CC3)c(F)c2)C(=O)O1. The standard InChI is InChI=1S/C20H25F2N3O5/c1-13(26)3-4-16-12-25(20(28)30-16)15-9-17(21)19(18(22)10-15)23-5-6-24(11-14(2)27)29-8-7-23/h9-10,16H,3-8,11-12H2,1-2H3/t16-/m0/s1. The van der Waals surface area contributed by atoms with Gasteiger partial charge in [-0.3, -0.25) is 14.5 Å². The number of hydroxylamine groups is 2. The number of anilines is 2. The number of ketones is 2. The molecule has 2 aliphatic rings. The quantitative estimate of drug-likeness (QED) is 0.663. The van der Waals surface area contributed by atoms with Gasteiger partial charge in [-0.15, -0.1) is 0 Å². The van der Waals surface area contributed by atoms with Crippen LogP contribution in [0, 0.1) is 11.6 Å². The smallest absolute Gasteiger partial charge is 0.414 e. The average Bonchev–Trinajstić information content (AvgIpc) is 2.88. The second-order valence-corrected chi connectivity index (χ2v) is 7.50. The topological polar surface area (TPSA) is 79.4 Å². The van der Waals surface area contributed by atoms with Crippen LogP contribution in [-0.4, -0.2) is 68.2 Å². The first-order chi connectivity index (χ1) is 14.2. The van der Waals surface area contributed by atoms with Gasteiger partial charge in [0.15, 0.2) is 11.6 Å². The molecular formula is C20H25F2N3O5. The third-order valence-electron chi connectivity index (χ3n) is 4.98. The van der Waals surface area contributed by atoms with Gasteiger partial charge in [-0.05, 0) is 20.3 Å². The molecule has 1 amide bonds. The largest absolute Gasteiger partial charge is 0.444 e. The van der Waals surface area contributed by atoms with Gasteiger partial charge in [-0.1, -0.05) is 0 Å². The van der Waals surface area contributed by atoms with Crippen LogP contribution in [0.4, 0.5) is 25.0 Å². The summed E-state index contributed by atoms with van der Waals surface area (Å²) in [5.74, 6) is -1.69. The zero-order valence-electron chi connectivity index (χ0n) is 17.0. The van der Waals surface area contributed by atoms with Crippen LogP contribution >= 0.6 is 0 Å². The summed E-state index contributed by atoms with van der Waals surface area (Å²) in [7, 11) is 0. The lowest BCUT2D eigenvalue weighted by molar-refractivity contribution is -0.157. The van der Waals surface area contributed by atoms with Crippen LogP contribution in [0.3, 0.4) is 0 Å². The number of rotatable bonds is 7. The Labute approximate surface area is 173 Å². The number of carbonyl (C=O) groups excluding carboxylic acids is 3. The van der Waals surface area contributed by atoms with E-state index >= 15 is 0 Å². The highest BCUT2D eigenvalue weighted by Crippen LogP contribution is 2.31. The summed E-state index contributed by atoms with van der Waals surface area (Å²) < 4.78 is 34.9. The summed E-state index contributed by atoms with van der Waals surface area (Å²) in [6.45, 7) is 4.16. The molecule has 0 aliphatic carbocycles. The molecule has 2 fully saturated rings. The predicted molar refractivity (Wildman–Crippen MR) is 104 cm³/mol. The third kappa shape index (κ3) is 5.31. The number of amides is 1. The zero-order chi connectivity index (χ0) is 21.8. The molecule has 0 spiro atoms. The number of Topliss-reactive ketones (excluding diaryl/α,β-unsaturated/α-hetero) is 2. The molecule has 1 aromatic carbocycles. The van der Waals surface area contributed by atoms with E-state index in [1.54, 1.807) is 0 Å². The minimum Gasteiger partial charge on any atom is -0.444 e. The van der Waals surface area contributed by atoms with Gasteiger partial charge in [0.05, 0.1) is 25.4 Å². The fourth-order valence-electron chi connectivity index (χ4n) is 3.54. The van der Waals surface area contributed by atoms with Crippen LogP contribution in [0.5, 0.6) is 0 Å². The van der Waals surface area contributed by atoms with Crippen LogP contribution < -0.4 is 9.80 Å². The van der Waals surface area contributed by atoms with E-state index in [0.29, 0.717) is 13.0 Å². The van der Waals surface area contributed by atoms with Crippen molar-refractivity contribution in [2.75, 3.05) is 49.1 Å². The predicted octanol–water partition coefficient (Wildman–Crippen LogP) is 2.30. The Kier molecular flexibility index (Phi) is 6.99. The number of cyclic esters (lactones) is 1. The van der Waals surface area contributed by atoms with Crippen molar-refractivity contribution in [1.82, 2.24) is 5.06 Å². The molecule has 2 heterocycles. The maximum Gasteiger partial charge on any atom is 0.414 e. The Morgan fingerprint density at radius 2 is 1.80 bits per heavy atom. The van der Waals surface area contributed by atoms with Crippen LogP contribution in [0.15, 0.2) is 12.1 Å². The minimum atomic E-state index is -0.801. The molecule has 164 valence electrons. The molecule has 0 aromatic heterocycles. The maximum atomic E-state index is 14.9. The Morgan fingerprint density at radius 1 is 1.10 bits per heavy atom. The van der Waals surface area contributed by atoms with Crippen molar-refractivity contribution in [3.63, 3.8) is 0 Å². The van der Waals surface area contributed by atoms with Gasteiger partial charge >= 0.3 is 6.09 Å². The van der Waals surface area contributed by atoms with Crippen molar-refractivity contribution in [3.8, 4) is 0 Å². The zero-order valence-corrected chi connectivity index (χ0v) is 17.0. The number of benzene rings is 1. The van der Waals surface area contributed by atoms with Crippen molar-refractivity contribution in [1.29, 1.82) is 0 Å². The molecule has 1 aromatic rings. The first-order valence-electron chi connectivity index (χ1n) is 9.83. The molecule has 3 rings (SSSR count). The number of nitrogens with zero attached hydrogens (tertiary/aromatic N) is 3. The van der Waals surface area contributed by atoms with Gasteiger partial charge in [0.2, 0.25) is 0 Å². The monoisotopic (exact) mass is 425 g/mol. The van der Waals surface area contributed by atoms with Crippen LogP contribution in [-0.2, 0) is 19.2 Å². The Morgan fingerprint density at radius 3 is 2.43 bits per heavy atom. The van der Waals surface area contributed by atoms with Crippen LogP contribution in [0.1, 0.15) is 26.7 Å². The molecule has 30 heavy (non-hydrogen) atoms. The molecule has 10 heteroatoms. The molecule has 2 aliphatic heterocycles. The minimum absolute atomic E-state index is 0.0192. The van der Waals surface area contributed by atoms with E-state index in [1.807, 2.05) is 0 Å². The van der Waals surface area contributed by atoms with Crippen molar-refractivity contribution in [2.45, 2.75) is 32.8 Å². The number of hydrogen-bond acceptors (Lipinski definition) is 7. The highest BCUT2D eigenvalue weighted by Gasteiger charge is 2.33. The van der Waals surface area contributed by atoms with Gasteiger partial charge < -0.3 is 14.4 Å². The van der Waals surface area contributed by atoms with E-state index < -0.39 is 23.8 Å². The highest BCUT2D eigenvalue weighted by atomic mass is 19.1. The van der Waals surface area contributed by atoms with Crippen LogP contribution in [0.25, 0.3) is 0 Å². The van der Waals surface area contributed by atoms with Gasteiger partial charge in [-0.25, -0.2) is 13.6 Å². The van der Waals surface area contributed by atoms with Gasteiger partial charge in [0, 0.05) is 38.2 Å². The molecule has 0 unspecified atom stereocenters. The van der Waals surface area contributed by atoms with Crippen molar-refractivity contribution < 1.29 is 32.7 Å². The first kappa shape index (κ1) is 22.1. The molecule has 0 saturated carbocycles. The first-order valence-corrected chi connectivity index (χ1v) is 9.83. The lowest BCUT2D eigenvalue weighted by atomic mass is 10.1. The highest BCUT2D eigenvalue weighted by molar-refractivity contribution is 5.90. The molecule has 0 bridgehead atoms. The van der Waals surface area contributed by atoms with Crippen molar-refractivity contribution in [2.24, 2.45) is 0 Å². The van der Waals surface area contributed by atoms with Crippen molar-refractivity contribution >= 4 is 29.0 Å². The van der Waals surface area contributed by atoms with Gasteiger partial charge in [-0.2, -0.15) is 5.06 Å². The van der Waals surface area contributed by atoms with Gasteiger partial charge in [0.25, 0.3) is 0 Å². The summed E-state index contributed by atoms with van der Waals surface area (Å²) in [5.41, 5.74) is -0.138. The average molecular weight is 425 g/mol. The molecule has 2 saturated heterocycles. The second-order valence-electron chi connectivity index (χ2n) is 7.50. The molecule has 0 N–H and O–H groups in total. The van der Waals surface area contributed by atoms with E-state index in [1.165, 1.54) is 28.7 Å². The lowest BCUT2D eigenvalue weighted by Gasteiger charge is -2.24.